The Labute approximate surface area is 120 Å². The van der Waals surface area contributed by atoms with Crippen LogP contribution < -0.4 is 5.32 Å². The molecule has 0 saturated carbocycles. The van der Waals surface area contributed by atoms with Gasteiger partial charge in [0.05, 0.1) is 0 Å². The van der Waals surface area contributed by atoms with Crippen LogP contribution in [0, 0.1) is 0 Å². The fourth-order valence-corrected chi connectivity index (χ4v) is 2.23. The number of carbonyl (C=O) groups excluding carboxylic acids is 2. The van der Waals surface area contributed by atoms with E-state index in [-0.39, 0.29) is 11.1 Å². The molecule has 3 N–H and O–H groups in total. The Hall–Kier alpha value is -2.50. The summed E-state index contributed by atoms with van der Waals surface area (Å²) in [7, 11) is 0. The summed E-state index contributed by atoms with van der Waals surface area (Å²) in [6.45, 7) is 0. The number of benzene rings is 2. The molecule has 4 aliphatic rings. The molecule has 4 bridgehead atoms. The molecule has 21 heavy (non-hydrogen) atoms. The SMILES string of the molecule is O=C1c2ccc(cc2)Nc2ccc(cc2)C(=O)C(O)C1O. The minimum atomic E-state index is -1.78. The zero-order valence-electron chi connectivity index (χ0n) is 11.0. The minimum Gasteiger partial charge on any atom is -0.382 e. The Morgan fingerprint density at radius 2 is 1.00 bits per heavy atom. The van der Waals surface area contributed by atoms with Crippen LogP contribution in [-0.4, -0.2) is 34.0 Å². The van der Waals surface area contributed by atoms with Crippen LogP contribution in [0.25, 0.3) is 0 Å². The highest BCUT2D eigenvalue weighted by molar-refractivity contribution is 6.07. The second-order valence-electron chi connectivity index (χ2n) is 4.90. The number of hydrogen-bond donors (Lipinski definition) is 3. The van der Waals surface area contributed by atoms with Crippen LogP contribution >= 0.6 is 0 Å². The molecule has 0 fully saturated rings. The lowest BCUT2D eigenvalue weighted by Gasteiger charge is -2.15. The second kappa shape index (κ2) is 5.12. The first-order chi connectivity index (χ1) is 10.1. The van der Waals surface area contributed by atoms with Crippen LogP contribution in [0.1, 0.15) is 20.7 Å². The van der Waals surface area contributed by atoms with E-state index in [9.17, 15) is 19.8 Å². The lowest BCUT2D eigenvalue weighted by Crippen LogP contribution is -2.39. The van der Waals surface area contributed by atoms with Gasteiger partial charge in [-0.1, -0.05) is 0 Å². The molecule has 5 nitrogen and oxygen atoms in total. The van der Waals surface area contributed by atoms with Crippen molar-refractivity contribution in [2.75, 3.05) is 5.32 Å². The summed E-state index contributed by atoms with van der Waals surface area (Å²) in [4.78, 5) is 24.2. The number of aliphatic hydroxyl groups excluding tert-OH is 2. The summed E-state index contributed by atoms with van der Waals surface area (Å²) in [5.74, 6) is -1.37. The van der Waals surface area contributed by atoms with Gasteiger partial charge in [-0.25, -0.2) is 0 Å². The summed E-state index contributed by atoms with van der Waals surface area (Å²) in [5, 5.41) is 23.0. The molecule has 2 aromatic carbocycles. The van der Waals surface area contributed by atoms with Crippen molar-refractivity contribution in [1.82, 2.24) is 0 Å². The van der Waals surface area contributed by atoms with Gasteiger partial charge in [0.2, 0.25) is 0 Å². The van der Waals surface area contributed by atoms with Crippen molar-refractivity contribution in [2.45, 2.75) is 12.2 Å². The number of nitrogens with one attached hydrogen (secondary N) is 1. The van der Waals surface area contributed by atoms with Gasteiger partial charge in [-0.3, -0.25) is 9.59 Å². The molecule has 0 spiro atoms. The van der Waals surface area contributed by atoms with Gasteiger partial charge in [-0.2, -0.15) is 0 Å². The summed E-state index contributed by atoms with van der Waals surface area (Å²) in [6.07, 6.45) is -3.56. The highest BCUT2D eigenvalue weighted by atomic mass is 16.3. The average molecular weight is 283 g/mol. The van der Waals surface area contributed by atoms with E-state index in [1.54, 1.807) is 24.3 Å². The highest BCUT2D eigenvalue weighted by Crippen LogP contribution is 2.21. The van der Waals surface area contributed by atoms with Crippen molar-refractivity contribution in [1.29, 1.82) is 0 Å². The van der Waals surface area contributed by atoms with Gasteiger partial charge in [0.25, 0.3) is 0 Å². The molecular weight excluding hydrogens is 270 g/mol. The Morgan fingerprint density at radius 3 is 1.33 bits per heavy atom. The van der Waals surface area contributed by atoms with Crippen molar-refractivity contribution in [2.24, 2.45) is 0 Å². The number of ketones is 2. The third-order valence-corrected chi connectivity index (χ3v) is 3.46. The number of carbonyl (C=O) groups is 2. The predicted octanol–water partition coefficient (Wildman–Crippen LogP) is 1.53. The van der Waals surface area contributed by atoms with E-state index >= 15 is 0 Å². The van der Waals surface area contributed by atoms with Gasteiger partial charge in [-0.15, -0.1) is 0 Å². The molecule has 0 amide bonds. The number of anilines is 2. The Morgan fingerprint density at radius 1 is 0.667 bits per heavy atom. The van der Waals surface area contributed by atoms with Gasteiger partial charge >= 0.3 is 0 Å². The minimum absolute atomic E-state index is 0.238. The first-order valence-corrected chi connectivity index (χ1v) is 6.48. The number of hydrogen-bond acceptors (Lipinski definition) is 5. The molecule has 4 aliphatic heterocycles. The maximum atomic E-state index is 12.1. The van der Waals surface area contributed by atoms with E-state index in [2.05, 4.69) is 5.32 Å². The van der Waals surface area contributed by atoms with Gasteiger partial charge in [-0.05, 0) is 48.5 Å². The van der Waals surface area contributed by atoms with E-state index in [0.717, 1.165) is 11.4 Å². The fraction of sp³-hybridized carbons (Fsp3) is 0.125. The number of Topliss-reactive ketones (excluding diaryl/α,β-unsaturated/α-hetero) is 2. The maximum absolute atomic E-state index is 12.1. The number of rotatable bonds is 0. The van der Waals surface area contributed by atoms with Gasteiger partial charge < -0.3 is 15.5 Å². The molecule has 0 aromatic heterocycles. The topological polar surface area (TPSA) is 86.6 Å². The Balaban J connectivity index is 2.12. The molecule has 0 saturated heterocycles. The molecule has 6 rings (SSSR count). The lowest BCUT2D eigenvalue weighted by atomic mass is 9.96. The second-order valence-corrected chi connectivity index (χ2v) is 4.90. The van der Waals surface area contributed by atoms with Crippen LogP contribution in [0.2, 0.25) is 0 Å². The van der Waals surface area contributed by atoms with Crippen molar-refractivity contribution < 1.29 is 19.8 Å². The normalized spacial score (nSPS) is 21.4. The summed E-state index contributed by atoms with van der Waals surface area (Å²) in [6, 6.07) is 12.9. The summed E-state index contributed by atoms with van der Waals surface area (Å²) < 4.78 is 0. The highest BCUT2D eigenvalue weighted by Gasteiger charge is 2.31. The van der Waals surface area contributed by atoms with Crippen molar-refractivity contribution in [3.8, 4) is 0 Å². The van der Waals surface area contributed by atoms with Crippen molar-refractivity contribution in [3.05, 3.63) is 59.7 Å². The van der Waals surface area contributed by atoms with Gasteiger partial charge in [0.1, 0.15) is 0 Å². The van der Waals surface area contributed by atoms with Crippen LogP contribution in [-0.2, 0) is 0 Å². The van der Waals surface area contributed by atoms with Crippen molar-refractivity contribution in [3.63, 3.8) is 0 Å². The van der Waals surface area contributed by atoms with Crippen LogP contribution in [0.5, 0.6) is 0 Å². The maximum Gasteiger partial charge on any atom is 0.194 e. The molecule has 2 atom stereocenters. The van der Waals surface area contributed by atoms with Crippen LogP contribution in [0.15, 0.2) is 48.5 Å². The largest absolute Gasteiger partial charge is 0.382 e. The van der Waals surface area contributed by atoms with Crippen LogP contribution in [0.4, 0.5) is 11.4 Å². The number of aliphatic hydroxyl groups is 2. The average Bonchev–Trinajstić information content (AvgIpc) is 2.54. The summed E-state index contributed by atoms with van der Waals surface area (Å²) in [5.41, 5.74) is 2.03. The molecule has 2 unspecified atom stereocenters. The van der Waals surface area contributed by atoms with E-state index < -0.39 is 23.8 Å². The Kier molecular flexibility index (Phi) is 3.29. The molecular formula is C16H13NO4. The first-order valence-electron chi connectivity index (χ1n) is 6.48. The summed E-state index contributed by atoms with van der Waals surface area (Å²) >= 11 is 0. The zero-order chi connectivity index (χ0) is 15.0. The standard InChI is InChI=1S/C16H13NO4/c18-13-9-1-5-11(6-2-9)17-12-7-3-10(4-8-12)14(19)16(21)15(13)20/h1-8,15-17,20-21H. The van der Waals surface area contributed by atoms with E-state index in [1.165, 1.54) is 24.3 Å². The molecule has 106 valence electrons. The van der Waals surface area contributed by atoms with E-state index in [0.29, 0.717) is 0 Å². The fourth-order valence-electron chi connectivity index (χ4n) is 2.23. The van der Waals surface area contributed by atoms with E-state index in [4.69, 9.17) is 0 Å². The quantitative estimate of drug-likeness (QED) is 0.682. The smallest absolute Gasteiger partial charge is 0.194 e. The van der Waals surface area contributed by atoms with Gasteiger partial charge in [0.15, 0.2) is 23.8 Å². The van der Waals surface area contributed by atoms with Crippen LogP contribution in [0.3, 0.4) is 0 Å². The first kappa shape index (κ1) is 13.5. The molecule has 2 aromatic rings. The van der Waals surface area contributed by atoms with E-state index in [1.807, 2.05) is 0 Å². The lowest BCUT2D eigenvalue weighted by molar-refractivity contribution is 0.0216. The predicted molar refractivity (Wildman–Crippen MR) is 76.8 cm³/mol. The Bertz CT molecular complexity index is 630. The molecule has 0 aliphatic carbocycles. The molecule has 0 radical (unpaired) electrons. The third kappa shape index (κ3) is 2.44. The molecule has 5 heteroatoms. The van der Waals surface area contributed by atoms with Crippen molar-refractivity contribution >= 4 is 22.9 Å². The zero-order valence-corrected chi connectivity index (χ0v) is 11.0. The van der Waals surface area contributed by atoms with Gasteiger partial charge in [0, 0.05) is 22.5 Å². The third-order valence-electron chi connectivity index (χ3n) is 3.46. The monoisotopic (exact) mass is 283 g/mol. The molecule has 4 heterocycles.